The molecule has 1 fully saturated rings. The molecule has 3 nitrogen and oxygen atoms in total. The molecule has 1 aliphatic rings. The monoisotopic (exact) mass is 254 g/mol. The van der Waals surface area contributed by atoms with Crippen LogP contribution in [0.25, 0.3) is 0 Å². The zero-order chi connectivity index (χ0) is 13.8. The maximum atomic E-state index is 10.1. The average Bonchev–Trinajstić information content (AvgIpc) is 2.26. The van der Waals surface area contributed by atoms with Gasteiger partial charge >= 0.3 is 0 Å². The molecule has 1 N–H and O–H groups in total. The third kappa shape index (κ3) is 5.51. The largest absolute Gasteiger partial charge is 0.391 e. The normalized spacial score (nSPS) is 20.8. The summed E-state index contributed by atoms with van der Waals surface area (Å²) in [6.07, 6.45) is 2.06. The third-order valence-corrected chi connectivity index (χ3v) is 3.65. The molecule has 106 valence electrons. The van der Waals surface area contributed by atoms with E-state index < -0.39 is 0 Å². The second kappa shape index (κ2) is 6.69. The van der Waals surface area contributed by atoms with Crippen LogP contribution in [0.4, 0.5) is 0 Å². The Morgan fingerprint density at radius 3 is 2.06 bits per heavy atom. The van der Waals surface area contributed by atoms with Crippen molar-refractivity contribution in [3.8, 4) is 0 Å². The minimum absolute atomic E-state index is 0.0147. The number of β-amino-alcohol motifs (C(OH)–C–C–N with tert-alkyl or cyclic N) is 1. The molecule has 1 heterocycles. The van der Waals surface area contributed by atoms with Gasteiger partial charge in [0.15, 0.2) is 0 Å². The molecule has 1 rings (SSSR count). The second-order valence-corrected chi connectivity index (χ2v) is 6.76. The van der Waals surface area contributed by atoms with Crippen molar-refractivity contribution in [2.45, 2.75) is 40.7 Å². The van der Waals surface area contributed by atoms with Crippen molar-refractivity contribution in [3.63, 3.8) is 0 Å². The van der Waals surface area contributed by atoms with Crippen molar-refractivity contribution in [1.82, 2.24) is 9.80 Å². The summed E-state index contributed by atoms with van der Waals surface area (Å²) < 4.78 is 0. The molecule has 0 aromatic carbocycles. The van der Waals surface area contributed by atoms with Crippen LogP contribution in [0.2, 0.25) is 0 Å². The Labute approximate surface area is 112 Å². The number of piperazine rings is 1. The summed E-state index contributed by atoms with van der Waals surface area (Å²) in [6.45, 7) is 16.8. The van der Waals surface area contributed by atoms with E-state index >= 15 is 0 Å². The van der Waals surface area contributed by atoms with Crippen LogP contribution in [0.3, 0.4) is 0 Å². The molecule has 18 heavy (non-hydrogen) atoms. The molecule has 0 spiro atoms. The minimum atomic E-state index is -0.234. The Hall–Kier alpha value is -0.380. The number of allylic oxidation sites excluding steroid dienone is 1. The first-order valence-corrected chi connectivity index (χ1v) is 7.05. The summed E-state index contributed by atoms with van der Waals surface area (Å²) in [5, 5.41) is 10.1. The van der Waals surface area contributed by atoms with Crippen molar-refractivity contribution in [1.29, 1.82) is 0 Å². The lowest BCUT2D eigenvalue weighted by atomic mass is 9.89. The highest BCUT2D eigenvalue weighted by Gasteiger charge is 2.26. The highest BCUT2D eigenvalue weighted by molar-refractivity contribution is 4.95. The summed E-state index contributed by atoms with van der Waals surface area (Å²) in [7, 11) is 0. The van der Waals surface area contributed by atoms with Gasteiger partial charge in [-0.3, -0.25) is 9.80 Å². The van der Waals surface area contributed by atoms with Gasteiger partial charge in [-0.25, -0.2) is 0 Å². The summed E-state index contributed by atoms with van der Waals surface area (Å²) in [5.41, 5.74) is 1.37. The molecular formula is C15H30N2O. The Morgan fingerprint density at radius 1 is 1.11 bits per heavy atom. The summed E-state index contributed by atoms with van der Waals surface area (Å²) in [6, 6.07) is 0. The van der Waals surface area contributed by atoms with Gasteiger partial charge in [0.1, 0.15) is 0 Å². The number of rotatable bonds is 4. The number of aliphatic hydroxyl groups excluding tert-OH is 1. The van der Waals surface area contributed by atoms with Crippen LogP contribution in [0.1, 0.15) is 34.6 Å². The lowest BCUT2D eigenvalue weighted by molar-refractivity contribution is 0.0147. The van der Waals surface area contributed by atoms with E-state index in [-0.39, 0.29) is 11.5 Å². The molecule has 1 saturated heterocycles. The average molecular weight is 254 g/mol. The molecule has 0 amide bonds. The van der Waals surface area contributed by atoms with Crippen LogP contribution in [-0.4, -0.2) is 60.3 Å². The topological polar surface area (TPSA) is 26.7 Å². The predicted octanol–water partition coefficient (Wildman–Crippen LogP) is 1.98. The van der Waals surface area contributed by atoms with Gasteiger partial charge in [-0.2, -0.15) is 0 Å². The molecule has 0 unspecified atom stereocenters. The molecule has 1 aliphatic heterocycles. The molecule has 1 atom stereocenters. The lowest BCUT2D eigenvalue weighted by Crippen LogP contribution is -2.50. The Bertz CT molecular complexity index is 269. The van der Waals surface area contributed by atoms with Gasteiger partial charge in [0.05, 0.1) is 6.10 Å². The van der Waals surface area contributed by atoms with Crippen LogP contribution in [0.15, 0.2) is 11.6 Å². The number of aliphatic hydroxyl groups is 1. The van der Waals surface area contributed by atoms with E-state index in [1.807, 2.05) is 0 Å². The van der Waals surface area contributed by atoms with E-state index in [0.717, 1.165) is 39.3 Å². The lowest BCUT2D eigenvalue weighted by Gasteiger charge is -2.37. The molecule has 0 aliphatic carbocycles. The van der Waals surface area contributed by atoms with Crippen molar-refractivity contribution in [2.75, 3.05) is 39.3 Å². The zero-order valence-electron chi connectivity index (χ0n) is 12.7. The molecular weight excluding hydrogens is 224 g/mol. The zero-order valence-corrected chi connectivity index (χ0v) is 12.7. The smallest absolute Gasteiger partial charge is 0.0715 e. The van der Waals surface area contributed by atoms with Crippen LogP contribution in [-0.2, 0) is 0 Å². The molecule has 0 aromatic rings. The Kier molecular flexibility index (Phi) is 5.83. The minimum Gasteiger partial charge on any atom is -0.391 e. The number of hydrogen-bond donors (Lipinski definition) is 1. The van der Waals surface area contributed by atoms with E-state index in [9.17, 15) is 5.11 Å². The standard InChI is InChI=1S/C15H30N2O/c1-13(2)6-7-16-8-10-17(11-9-16)12-14(18)15(3,4)5/h6,14,18H,7-12H2,1-5H3/t14-/m1/s1. The van der Waals surface area contributed by atoms with Crippen molar-refractivity contribution in [3.05, 3.63) is 11.6 Å². The van der Waals surface area contributed by atoms with Crippen LogP contribution in [0, 0.1) is 5.41 Å². The first kappa shape index (κ1) is 15.7. The van der Waals surface area contributed by atoms with Crippen LogP contribution < -0.4 is 0 Å². The van der Waals surface area contributed by atoms with Crippen LogP contribution in [0.5, 0.6) is 0 Å². The fourth-order valence-electron chi connectivity index (χ4n) is 1.98. The van der Waals surface area contributed by atoms with Crippen LogP contribution >= 0.6 is 0 Å². The van der Waals surface area contributed by atoms with Gasteiger partial charge in [0.25, 0.3) is 0 Å². The van der Waals surface area contributed by atoms with E-state index in [4.69, 9.17) is 0 Å². The van der Waals surface area contributed by atoms with E-state index in [1.165, 1.54) is 5.57 Å². The first-order chi connectivity index (χ1) is 8.29. The molecule has 0 bridgehead atoms. The maximum Gasteiger partial charge on any atom is 0.0715 e. The molecule has 0 radical (unpaired) electrons. The predicted molar refractivity (Wildman–Crippen MR) is 77.8 cm³/mol. The fourth-order valence-corrected chi connectivity index (χ4v) is 1.98. The SMILES string of the molecule is CC(C)=CCN1CCN(C[C@@H](O)C(C)(C)C)CC1. The third-order valence-electron chi connectivity index (χ3n) is 3.65. The maximum absolute atomic E-state index is 10.1. The summed E-state index contributed by atoms with van der Waals surface area (Å²) in [5.74, 6) is 0. The van der Waals surface area contributed by atoms with E-state index in [1.54, 1.807) is 0 Å². The van der Waals surface area contributed by atoms with Gasteiger partial charge in [-0.05, 0) is 19.3 Å². The highest BCUT2D eigenvalue weighted by Crippen LogP contribution is 2.20. The summed E-state index contributed by atoms with van der Waals surface area (Å²) >= 11 is 0. The van der Waals surface area contributed by atoms with E-state index in [2.05, 4.69) is 50.5 Å². The number of nitrogens with zero attached hydrogens (tertiary/aromatic N) is 2. The fraction of sp³-hybridized carbons (Fsp3) is 0.867. The van der Waals surface area contributed by atoms with E-state index in [0.29, 0.717) is 0 Å². The molecule has 0 saturated carbocycles. The highest BCUT2D eigenvalue weighted by atomic mass is 16.3. The second-order valence-electron chi connectivity index (χ2n) is 6.76. The summed E-state index contributed by atoms with van der Waals surface area (Å²) in [4.78, 5) is 4.86. The molecule has 0 aromatic heterocycles. The van der Waals surface area contributed by atoms with Crippen molar-refractivity contribution < 1.29 is 5.11 Å². The van der Waals surface area contributed by atoms with Crippen molar-refractivity contribution in [2.24, 2.45) is 5.41 Å². The van der Waals surface area contributed by atoms with Gasteiger partial charge < -0.3 is 5.11 Å². The van der Waals surface area contributed by atoms with Crippen molar-refractivity contribution >= 4 is 0 Å². The Balaban J connectivity index is 2.29. The Morgan fingerprint density at radius 2 is 1.61 bits per heavy atom. The number of hydrogen-bond acceptors (Lipinski definition) is 3. The quantitative estimate of drug-likeness (QED) is 0.777. The van der Waals surface area contributed by atoms with Gasteiger partial charge in [0, 0.05) is 39.3 Å². The van der Waals surface area contributed by atoms with Gasteiger partial charge in [-0.1, -0.05) is 32.4 Å². The molecule has 3 heteroatoms. The first-order valence-electron chi connectivity index (χ1n) is 7.05. The van der Waals surface area contributed by atoms with Gasteiger partial charge in [-0.15, -0.1) is 0 Å². The van der Waals surface area contributed by atoms with Gasteiger partial charge in [0.2, 0.25) is 0 Å².